The van der Waals surface area contributed by atoms with Crippen molar-refractivity contribution in [3.8, 4) is 5.75 Å². The summed E-state index contributed by atoms with van der Waals surface area (Å²) in [5.41, 5.74) is 6.42. The molecule has 1 aromatic rings. The van der Waals surface area contributed by atoms with Crippen molar-refractivity contribution in [2.24, 2.45) is 5.92 Å². The second-order valence-corrected chi connectivity index (χ2v) is 4.52. The van der Waals surface area contributed by atoms with Crippen molar-refractivity contribution in [2.75, 3.05) is 5.73 Å². The van der Waals surface area contributed by atoms with Crippen molar-refractivity contribution in [3.05, 3.63) is 23.8 Å². The average Bonchev–Trinajstić information content (AvgIpc) is 2.19. The number of anilines is 1. The second kappa shape index (κ2) is 4.04. The molecule has 0 unspecified atom stereocenters. The summed E-state index contributed by atoms with van der Waals surface area (Å²) in [6.07, 6.45) is 2.04. The van der Waals surface area contributed by atoms with Crippen LogP contribution in [0, 0.1) is 5.92 Å². The van der Waals surface area contributed by atoms with Gasteiger partial charge in [-0.2, -0.15) is 0 Å². The third-order valence-electron chi connectivity index (χ3n) is 2.99. The lowest BCUT2D eigenvalue weighted by Gasteiger charge is -2.33. The third kappa shape index (κ3) is 2.10. The van der Waals surface area contributed by atoms with Gasteiger partial charge in [-0.15, -0.1) is 0 Å². The number of benzene rings is 1. The molecular formula is C12H16N2O2. The number of phenols is 1. The Morgan fingerprint density at radius 3 is 2.81 bits per heavy atom. The van der Waals surface area contributed by atoms with Gasteiger partial charge < -0.3 is 16.2 Å². The Morgan fingerprint density at radius 1 is 1.50 bits per heavy atom. The fourth-order valence-corrected chi connectivity index (χ4v) is 2.02. The van der Waals surface area contributed by atoms with Gasteiger partial charge in [0.2, 0.25) is 0 Å². The van der Waals surface area contributed by atoms with E-state index in [1.807, 2.05) is 0 Å². The van der Waals surface area contributed by atoms with Crippen LogP contribution in [0.5, 0.6) is 5.75 Å². The number of hydrogen-bond acceptors (Lipinski definition) is 3. The molecule has 0 radical (unpaired) electrons. The molecule has 1 fully saturated rings. The van der Waals surface area contributed by atoms with Crippen LogP contribution in [0.15, 0.2) is 18.2 Å². The molecule has 0 atom stereocenters. The van der Waals surface area contributed by atoms with E-state index >= 15 is 0 Å². The third-order valence-corrected chi connectivity index (χ3v) is 2.99. The lowest BCUT2D eigenvalue weighted by Crippen LogP contribution is -2.43. The van der Waals surface area contributed by atoms with Crippen LogP contribution in [0.4, 0.5) is 5.69 Å². The summed E-state index contributed by atoms with van der Waals surface area (Å²) in [7, 11) is 0. The first kappa shape index (κ1) is 10.8. The van der Waals surface area contributed by atoms with Crippen molar-refractivity contribution in [3.63, 3.8) is 0 Å². The summed E-state index contributed by atoms with van der Waals surface area (Å²) in [6, 6.07) is 4.65. The predicted octanol–water partition coefficient (Wildman–Crippen LogP) is 1.50. The predicted molar refractivity (Wildman–Crippen MR) is 62.2 cm³/mol. The maximum absolute atomic E-state index is 11.8. The number of nitrogens with two attached hydrogens (primary N) is 1. The van der Waals surface area contributed by atoms with Gasteiger partial charge in [0.1, 0.15) is 5.75 Å². The van der Waals surface area contributed by atoms with Crippen LogP contribution in [0.25, 0.3) is 0 Å². The molecule has 1 aliphatic carbocycles. The van der Waals surface area contributed by atoms with Gasteiger partial charge in [-0.05, 0) is 37.0 Å². The molecule has 4 heteroatoms. The minimum atomic E-state index is -0.203. The highest BCUT2D eigenvalue weighted by Crippen LogP contribution is 2.27. The molecule has 1 aromatic carbocycles. The first-order chi connectivity index (χ1) is 7.56. The molecule has 1 aliphatic rings. The van der Waals surface area contributed by atoms with Gasteiger partial charge in [-0.1, -0.05) is 6.92 Å². The van der Waals surface area contributed by atoms with Gasteiger partial charge in [0.15, 0.2) is 0 Å². The summed E-state index contributed by atoms with van der Waals surface area (Å²) >= 11 is 0. The molecule has 0 spiro atoms. The topological polar surface area (TPSA) is 75.3 Å². The summed E-state index contributed by atoms with van der Waals surface area (Å²) in [6.45, 7) is 2.16. The Labute approximate surface area is 94.5 Å². The Hall–Kier alpha value is -1.71. The Morgan fingerprint density at radius 2 is 2.19 bits per heavy atom. The average molecular weight is 220 g/mol. The molecule has 2 rings (SSSR count). The van der Waals surface area contributed by atoms with Crippen molar-refractivity contribution in [1.29, 1.82) is 0 Å². The molecule has 86 valence electrons. The van der Waals surface area contributed by atoms with Gasteiger partial charge in [0.25, 0.3) is 5.91 Å². The smallest absolute Gasteiger partial charge is 0.253 e. The molecule has 0 heterocycles. The van der Waals surface area contributed by atoms with Gasteiger partial charge in [0.05, 0.1) is 5.56 Å². The maximum Gasteiger partial charge on any atom is 0.253 e. The first-order valence-corrected chi connectivity index (χ1v) is 5.45. The molecule has 0 aromatic heterocycles. The van der Waals surface area contributed by atoms with Gasteiger partial charge >= 0.3 is 0 Å². The highest BCUT2D eigenvalue weighted by molar-refractivity contribution is 5.99. The van der Waals surface area contributed by atoms with Crippen LogP contribution < -0.4 is 11.1 Å². The number of nitrogen functional groups attached to an aromatic ring is 1. The Balaban J connectivity index is 2.05. The zero-order valence-corrected chi connectivity index (χ0v) is 9.23. The minimum absolute atomic E-state index is 0.0568. The lowest BCUT2D eigenvalue weighted by atomic mass is 9.82. The van der Waals surface area contributed by atoms with E-state index in [9.17, 15) is 9.90 Å². The van der Waals surface area contributed by atoms with E-state index in [2.05, 4.69) is 12.2 Å². The maximum atomic E-state index is 11.8. The SMILES string of the molecule is CC1CC(NC(=O)c2cc(O)ccc2N)C1. The van der Waals surface area contributed by atoms with Crippen LogP contribution in [0.3, 0.4) is 0 Å². The van der Waals surface area contributed by atoms with Crippen LogP contribution in [0.2, 0.25) is 0 Å². The fourth-order valence-electron chi connectivity index (χ4n) is 2.02. The molecule has 0 bridgehead atoms. The largest absolute Gasteiger partial charge is 0.508 e. The highest BCUT2D eigenvalue weighted by Gasteiger charge is 2.27. The zero-order chi connectivity index (χ0) is 11.7. The number of carbonyl (C=O) groups excluding carboxylic acids is 1. The monoisotopic (exact) mass is 220 g/mol. The number of rotatable bonds is 2. The molecular weight excluding hydrogens is 204 g/mol. The molecule has 4 N–H and O–H groups in total. The molecule has 0 aliphatic heterocycles. The summed E-state index contributed by atoms with van der Waals surface area (Å²) in [5, 5.41) is 12.2. The Bertz CT molecular complexity index is 411. The lowest BCUT2D eigenvalue weighted by molar-refractivity contribution is 0.0896. The number of nitrogens with one attached hydrogen (secondary N) is 1. The number of carbonyl (C=O) groups is 1. The second-order valence-electron chi connectivity index (χ2n) is 4.52. The van der Waals surface area contributed by atoms with E-state index in [0.29, 0.717) is 17.2 Å². The van der Waals surface area contributed by atoms with E-state index < -0.39 is 0 Å². The van der Waals surface area contributed by atoms with Gasteiger partial charge in [-0.3, -0.25) is 4.79 Å². The normalized spacial score (nSPS) is 23.6. The van der Waals surface area contributed by atoms with E-state index in [1.165, 1.54) is 18.2 Å². The van der Waals surface area contributed by atoms with E-state index in [4.69, 9.17) is 5.73 Å². The summed E-state index contributed by atoms with van der Waals surface area (Å²) in [5.74, 6) is 0.540. The van der Waals surface area contributed by atoms with E-state index in [1.54, 1.807) is 0 Å². The molecule has 1 amide bonds. The quantitative estimate of drug-likeness (QED) is 0.522. The van der Waals surface area contributed by atoms with Crippen LogP contribution in [-0.2, 0) is 0 Å². The standard InChI is InChI=1S/C12H16N2O2/c1-7-4-8(5-7)14-12(16)10-6-9(15)2-3-11(10)13/h2-3,6-8,15H,4-5,13H2,1H3,(H,14,16). The van der Waals surface area contributed by atoms with Crippen LogP contribution in [-0.4, -0.2) is 17.1 Å². The van der Waals surface area contributed by atoms with Crippen LogP contribution >= 0.6 is 0 Å². The van der Waals surface area contributed by atoms with Crippen molar-refractivity contribution in [2.45, 2.75) is 25.8 Å². The molecule has 4 nitrogen and oxygen atoms in total. The number of phenolic OH excluding ortho intramolecular Hbond substituents is 1. The van der Waals surface area contributed by atoms with Gasteiger partial charge in [0, 0.05) is 11.7 Å². The summed E-state index contributed by atoms with van der Waals surface area (Å²) in [4.78, 5) is 11.8. The van der Waals surface area contributed by atoms with E-state index in [-0.39, 0.29) is 17.7 Å². The molecule has 1 saturated carbocycles. The molecule has 0 saturated heterocycles. The van der Waals surface area contributed by atoms with Gasteiger partial charge in [-0.25, -0.2) is 0 Å². The molecule has 16 heavy (non-hydrogen) atoms. The van der Waals surface area contributed by atoms with Crippen LogP contribution in [0.1, 0.15) is 30.1 Å². The highest BCUT2D eigenvalue weighted by atomic mass is 16.3. The minimum Gasteiger partial charge on any atom is -0.508 e. The van der Waals surface area contributed by atoms with Crippen molar-refractivity contribution in [1.82, 2.24) is 5.32 Å². The number of amides is 1. The van der Waals surface area contributed by atoms with Crippen molar-refractivity contribution >= 4 is 11.6 Å². The van der Waals surface area contributed by atoms with Crippen molar-refractivity contribution < 1.29 is 9.90 Å². The number of aromatic hydroxyl groups is 1. The fraction of sp³-hybridized carbons (Fsp3) is 0.417. The summed E-state index contributed by atoms with van der Waals surface area (Å²) < 4.78 is 0. The Kier molecular flexibility index (Phi) is 2.73. The van der Waals surface area contributed by atoms with E-state index in [0.717, 1.165) is 12.8 Å². The zero-order valence-electron chi connectivity index (χ0n) is 9.23. The number of hydrogen-bond donors (Lipinski definition) is 3. The first-order valence-electron chi connectivity index (χ1n) is 5.45.